The summed E-state index contributed by atoms with van der Waals surface area (Å²) < 4.78 is 7.30. The number of fused-ring (bicyclic) bond motifs is 1. The largest absolute Gasteiger partial charge is 0.384 e. The van der Waals surface area contributed by atoms with Crippen LogP contribution in [-0.2, 0) is 17.8 Å². The minimum absolute atomic E-state index is 0.113. The number of carbonyl (C=O) groups excluding carboxylic acids is 1. The van der Waals surface area contributed by atoms with Crippen molar-refractivity contribution in [3.05, 3.63) is 38.8 Å². The van der Waals surface area contributed by atoms with Gasteiger partial charge in [0.05, 0.1) is 17.2 Å². The number of rotatable bonds is 4. The van der Waals surface area contributed by atoms with Gasteiger partial charge in [-0.05, 0) is 32.4 Å². The Morgan fingerprint density at radius 3 is 2.87 bits per heavy atom. The molecule has 23 heavy (non-hydrogen) atoms. The molecule has 3 heterocycles. The molecular formula is C17H23N3O2S. The molecule has 1 aliphatic heterocycles. The highest BCUT2D eigenvalue weighted by Gasteiger charge is 2.32. The van der Waals surface area contributed by atoms with Crippen molar-refractivity contribution in [3.8, 4) is 0 Å². The minimum atomic E-state index is 0.113. The Morgan fingerprint density at radius 2 is 2.26 bits per heavy atom. The summed E-state index contributed by atoms with van der Waals surface area (Å²) in [6.07, 6.45) is 2.06. The normalized spacial score (nSPS) is 17.4. The molecule has 5 nitrogen and oxygen atoms in total. The summed E-state index contributed by atoms with van der Waals surface area (Å²) in [4.78, 5) is 16.8. The number of carbonyl (C=O) groups is 1. The van der Waals surface area contributed by atoms with Gasteiger partial charge in [0.1, 0.15) is 0 Å². The molecule has 0 bridgehead atoms. The van der Waals surface area contributed by atoms with Gasteiger partial charge in [-0.1, -0.05) is 0 Å². The second-order valence-corrected chi connectivity index (χ2v) is 7.34. The van der Waals surface area contributed by atoms with Crippen LogP contribution in [0.4, 0.5) is 0 Å². The second-order valence-electron chi connectivity index (χ2n) is 6.08. The molecule has 0 radical (unpaired) electrons. The molecule has 0 N–H and O–H groups in total. The monoisotopic (exact) mass is 333 g/mol. The third kappa shape index (κ3) is 3.05. The third-order valence-corrected chi connectivity index (χ3v) is 5.56. The van der Waals surface area contributed by atoms with Gasteiger partial charge in [0, 0.05) is 49.3 Å². The average Bonchev–Trinajstić information content (AvgIpc) is 3.10. The zero-order valence-electron chi connectivity index (χ0n) is 14.1. The van der Waals surface area contributed by atoms with Crippen molar-refractivity contribution in [2.45, 2.75) is 39.8 Å². The van der Waals surface area contributed by atoms with Crippen molar-refractivity contribution >= 4 is 17.2 Å². The van der Waals surface area contributed by atoms with Gasteiger partial charge in [-0.25, -0.2) is 0 Å². The lowest BCUT2D eigenvalue weighted by atomic mass is 9.97. The van der Waals surface area contributed by atoms with Crippen molar-refractivity contribution in [3.63, 3.8) is 0 Å². The topological polar surface area (TPSA) is 47.4 Å². The Kier molecular flexibility index (Phi) is 4.55. The van der Waals surface area contributed by atoms with E-state index in [4.69, 9.17) is 4.74 Å². The van der Waals surface area contributed by atoms with Gasteiger partial charge in [-0.15, -0.1) is 11.3 Å². The van der Waals surface area contributed by atoms with E-state index in [1.165, 1.54) is 10.4 Å². The summed E-state index contributed by atoms with van der Waals surface area (Å²) in [7, 11) is 1.70. The van der Waals surface area contributed by atoms with Crippen LogP contribution in [0, 0.1) is 13.8 Å². The predicted molar refractivity (Wildman–Crippen MR) is 91.1 cm³/mol. The fraction of sp³-hybridized carbons (Fsp3) is 0.529. The summed E-state index contributed by atoms with van der Waals surface area (Å²) in [6, 6.07) is 2.00. The van der Waals surface area contributed by atoms with E-state index in [-0.39, 0.29) is 11.8 Å². The molecule has 0 spiro atoms. The molecule has 2 aromatic rings. The number of nitrogens with zero attached hydrogens (tertiary/aromatic N) is 3. The summed E-state index contributed by atoms with van der Waals surface area (Å²) in [5, 5.41) is 4.66. The third-order valence-electron chi connectivity index (χ3n) is 4.41. The maximum Gasteiger partial charge on any atom is 0.264 e. The molecule has 6 heteroatoms. The van der Waals surface area contributed by atoms with Gasteiger partial charge in [0.25, 0.3) is 5.91 Å². The molecule has 1 amide bonds. The number of methoxy groups -OCH3 is 1. The molecule has 0 aromatic carbocycles. The fourth-order valence-electron chi connectivity index (χ4n) is 3.05. The SMILES string of the molecule is CCn1cc2c(n1)C(COC)CN(C(=O)c1cc(C)c(C)s1)C2. The van der Waals surface area contributed by atoms with Crippen molar-refractivity contribution in [1.29, 1.82) is 0 Å². The zero-order chi connectivity index (χ0) is 16.6. The molecule has 1 unspecified atom stereocenters. The van der Waals surface area contributed by atoms with E-state index in [2.05, 4.69) is 32.1 Å². The summed E-state index contributed by atoms with van der Waals surface area (Å²) in [5.41, 5.74) is 3.40. The van der Waals surface area contributed by atoms with E-state index < -0.39 is 0 Å². The number of hydrogen-bond donors (Lipinski definition) is 0. The first-order valence-electron chi connectivity index (χ1n) is 7.95. The van der Waals surface area contributed by atoms with E-state index >= 15 is 0 Å². The first-order chi connectivity index (χ1) is 11.0. The first-order valence-corrected chi connectivity index (χ1v) is 8.76. The van der Waals surface area contributed by atoms with Gasteiger partial charge in [0.15, 0.2) is 0 Å². The molecule has 1 atom stereocenters. The zero-order valence-corrected chi connectivity index (χ0v) is 14.9. The van der Waals surface area contributed by atoms with Gasteiger partial charge in [0.2, 0.25) is 0 Å². The van der Waals surface area contributed by atoms with Gasteiger partial charge in [-0.2, -0.15) is 5.10 Å². The van der Waals surface area contributed by atoms with E-state index in [0.29, 0.717) is 19.7 Å². The van der Waals surface area contributed by atoms with Crippen LogP contribution in [0.1, 0.15) is 44.2 Å². The molecule has 0 saturated heterocycles. The van der Waals surface area contributed by atoms with E-state index in [1.807, 2.05) is 15.6 Å². The first kappa shape index (κ1) is 16.2. The Morgan fingerprint density at radius 1 is 1.48 bits per heavy atom. The Balaban J connectivity index is 1.88. The van der Waals surface area contributed by atoms with Crippen molar-refractivity contribution in [1.82, 2.24) is 14.7 Å². The lowest BCUT2D eigenvalue weighted by Gasteiger charge is -2.31. The van der Waals surface area contributed by atoms with E-state index in [0.717, 1.165) is 22.7 Å². The number of aryl methyl sites for hydroxylation is 3. The minimum Gasteiger partial charge on any atom is -0.384 e. The predicted octanol–water partition coefficient (Wildman–Crippen LogP) is 2.97. The highest BCUT2D eigenvalue weighted by atomic mass is 32.1. The van der Waals surface area contributed by atoms with E-state index in [9.17, 15) is 4.79 Å². The summed E-state index contributed by atoms with van der Waals surface area (Å²) >= 11 is 1.58. The van der Waals surface area contributed by atoms with Crippen LogP contribution in [0.25, 0.3) is 0 Å². The highest BCUT2D eigenvalue weighted by molar-refractivity contribution is 7.14. The number of hydrogen-bond acceptors (Lipinski definition) is 4. The quantitative estimate of drug-likeness (QED) is 0.864. The molecule has 0 fully saturated rings. The van der Waals surface area contributed by atoms with Crippen LogP contribution >= 0.6 is 11.3 Å². The Bertz CT molecular complexity index is 700. The van der Waals surface area contributed by atoms with Crippen LogP contribution < -0.4 is 0 Å². The number of ether oxygens (including phenoxy) is 1. The molecule has 2 aromatic heterocycles. The molecule has 3 rings (SSSR count). The van der Waals surface area contributed by atoms with Gasteiger partial charge in [-0.3, -0.25) is 9.48 Å². The van der Waals surface area contributed by atoms with Crippen LogP contribution in [-0.4, -0.2) is 40.8 Å². The molecular weight excluding hydrogens is 310 g/mol. The molecule has 124 valence electrons. The second kappa shape index (κ2) is 6.45. The Hall–Kier alpha value is -1.66. The Labute approximate surface area is 140 Å². The van der Waals surface area contributed by atoms with Gasteiger partial charge >= 0.3 is 0 Å². The van der Waals surface area contributed by atoms with E-state index in [1.54, 1.807) is 18.4 Å². The van der Waals surface area contributed by atoms with Crippen molar-refractivity contribution in [2.24, 2.45) is 0 Å². The van der Waals surface area contributed by atoms with Crippen LogP contribution in [0.15, 0.2) is 12.3 Å². The molecule has 0 saturated carbocycles. The van der Waals surface area contributed by atoms with Gasteiger partial charge < -0.3 is 9.64 Å². The number of aromatic nitrogens is 2. The van der Waals surface area contributed by atoms with Crippen molar-refractivity contribution in [2.75, 3.05) is 20.3 Å². The van der Waals surface area contributed by atoms with Crippen molar-refractivity contribution < 1.29 is 9.53 Å². The average molecular weight is 333 g/mol. The number of amides is 1. The summed E-state index contributed by atoms with van der Waals surface area (Å²) in [6.45, 7) is 8.90. The fourth-order valence-corrected chi connectivity index (χ4v) is 4.05. The molecule has 1 aliphatic rings. The highest BCUT2D eigenvalue weighted by Crippen LogP contribution is 2.30. The van der Waals surface area contributed by atoms with Crippen LogP contribution in [0.5, 0.6) is 0 Å². The summed E-state index contributed by atoms with van der Waals surface area (Å²) in [5.74, 6) is 0.254. The lowest BCUT2D eigenvalue weighted by molar-refractivity contribution is 0.0683. The lowest BCUT2D eigenvalue weighted by Crippen LogP contribution is -2.39. The maximum atomic E-state index is 12.9. The van der Waals surface area contributed by atoms with Crippen LogP contribution in [0.2, 0.25) is 0 Å². The molecule has 0 aliphatic carbocycles. The van der Waals surface area contributed by atoms with Crippen LogP contribution in [0.3, 0.4) is 0 Å². The smallest absolute Gasteiger partial charge is 0.264 e. The number of thiophene rings is 1. The maximum absolute atomic E-state index is 12.9. The standard InChI is InChI=1S/C17H23N3O2S/c1-5-20-9-13-7-19(8-14(10-22-4)16(13)18-20)17(21)15-6-11(2)12(3)23-15/h6,9,14H,5,7-8,10H2,1-4H3.